The van der Waals surface area contributed by atoms with Crippen LogP contribution in [0.3, 0.4) is 0 Å². The van der Waals surface area contributed by atoms with E-state index in [1.54, 1.807) is 0 Å². The van der Waals surface area contributed by atoms with Crippen LogP contribution in [0.5, 0.6) is 0 Å². The Labute approximate surface area is 63.4 Å². The third-order valence-electron chi connectivity index (χ3n) is 0.595. The molecule has 0 fully saturated rings. The van der Waals surface area contributed by atoms with E-state index in [-0.39, 0.29) is 11.5 Å². The summed E-state index contributed by atoms with van der Waals surface area (Å²) in [6, 6.07) is 0. The third kappa shape index (κ3) is 7.73. The van der Waals surface area contributed by atoms with Crippen molar-refractivity contribution in [2.75, 3.05) is 11.5 Å². The van der Waals surface area contributed by atoms with E-state index in [9.17, 15) is 8.42 Å². The fourth-order valence-corrected chi connectivity index (χ4v) is 1.67. The van der Waals surface area contributed by atoms with Crippen molar-refractivity contribution in [3.63, 3.8) is 0 Å². The summed E-state index contributed by atoms with van der Waals surface area (Å²) in [7, 11) is -3.83. The molecule has 0 heterocycles. The maximum Gasteiger partial charge on any atom is 0.265 e. The van der Waals surface area contributed by atoms with Gasteiger partial charge in [-0.25, -0.2) is 0 Å². The molecule has 3 N–H and O–H groups in total. The van der Waals surface area contributed by atoms with Crippen molar-refractivity contribution in [3.05, 3.63) is 0 Å². The van der Waals surface area contributed by atoms with E-state index < -0.39 is 10.1 Å². The zero-order chi connectivity index (χ0) is 8.04. The maximum atomic E-state index is 10.1. The topological polar surface area (TPSA) is 92.8 Å². The normalized spacial score (nSPS) is 12.5. The van der Waals surface area contributed by atoms with E-state index in [0.717, 1.165) is 11.8 Å². The lowest BCUT2D eigenvalue weighted by Crippen LogP contribution is -2.05. The lowest BCUT2D eigenvalue weighted by molar-refractivity contribution is 0.485. The zero-order valence-electron chi connectivity index (χ0n) is 5.10. The van der Waals surface area contributed by atoms with Gasteiger partial charge in [-0.15, -0.1) is 11.8 Å². The molecule has 0 saturated heterocycles. The van der Waals surface area contributed by atoms with E-state index in [4.69, 9.17) is 10.4 Å². The molecule has 0 unspecified atom stereocenters. The van der Waals surface area contributed by atoms with E-state index in [1.165, 1.54) is 5.55 Å². The molecule has 0 aliphatic carbocycles. The van der Waals surface area contributed by atoms with E-state index >= 15 is 0 Å². The van der Waals surface area contributed by atoms with Gasteiger partial charge in [0.1, 0.15) is 0 Å². The monoisotopic (exact) mass is 184 g/mol. The summed E-state index contributed by atoms with van der Waals surface area (Å²) in [5, 5.41) is 3.12. The summed E-state index contributed by atoms with van der Waals surface area (Å²) in [6.07, 6.45) is 0. The molecule has 7 heteroatoms. The predicted octanol–water partition coefficient (Wildman–Crippen LogP) is -0.491. The first kappa shape index (κ1) is 9.73. The average Bonchev–Trinajstić information content (AvgIpc) is 1.78. The number of hydrogen-bond acceptors (Lipinski definition) is 5. The van der Waals surface area contributed by atoms with Gasteiger partial charge in [-0.3, -0.25) is 4.55 Å². The highest BCUT2D eigenvalue weighted by Crippen LogP contribution is 1.95. The summed E-state index contributed by atoms with van der Waals surface area (Å²) in [4.78, 5) is 0. The van der Waals surface area contributed by atoms with Gasteiger partial charge in [0, 0.05) is 5.75 Å². The Morgan fingerprint density at radius 1 is 1.70 bits per heavy atom. The molecule has 0 radical (unpaired) electrons. The summed E-state index contributed by atoms with van der Waals surface area (Å²) in [5.74, 6) is 4.70. The number of hydrazone groups is 1. The summed E-state index contributed by atoms with van der Waals surface area (Å²) >= 11 is 1.12. The molecular formula is C3H8N2O3S2. The Balaban J connectivity index is 3.39. The first-order valence-electron chi connectivity index (χ1n) is 2.35. The van der Waals surface area contributed by atoms with Gasteiger partial charge in [0.05, 0.1) is 11.3 Å². The van der Waals surface area contributed by atoms with Gasteiger partial charge in [0.2, 0.25) is 0 Å². The first-order valence-corrected chi connectivity index (χ1v) is 5.00. The zero-order valence-corrected chi connectivity index (χ0v) is 6.73. The van der Waals surface area contributed by atoms with Crippen molar-refractivity contribution in [2.45, 2.75) is 0 Å². The Morgan fingerprint density at radius 2 is 2.30 bits per heavy atom. The fraction of sp³-hybridized carbons (Fsp3) is 0.667. The minimum absolute atomic E-state index is 0.263. The summed E-state index contributed by atoms with van der Waals surface area (Å²) in [5.41, 5.74) is 1.31. The van der Waals surface area contributed by atoms with Crippen molar-refractivity contribution < 1.29 is 13.0 Å². The molecule has 0 rings (SSSR count). The molecule has 10 heavy (non-hydrogen) atoms. The summed E-state index contributed by atoms with van der Waals surface area (Å²) < 4.78 is 28.3. The Bertz CT molecular complexity index is 198. The van der Waals surface area contributed by atoms with Gasteiger partial charge in [-0.2, -0.15) is 13.5 Å². The molecular weight excluding hydrogens is 176 g/mol. The molecule has 0 amide bonds. The van der Waals surface area contributed by atoms with Crippen LogP contribution in [0.1, 0.15) is 0 Å². The smallest absolute Gasteiger partial charge is 0.265 e. The van der Waals surface area contributed by atoms with Gasteiger partial charge in [-0.05, 0) is 0 Å². The minimum Gasteiger partial charge on any atom is -0.323 e. The number of thioether (sulfide) groups is 1. The van der Waals surface area contributed by atoms with Crippen LogP contribution < -0.4 is 5.84 Å². The Morgan fingerprint density at radius 3 is 2.70 bits per heavy atom. The SMILES string of the molecule is N/N=C\SCCS(=O)(=O)O. The van der Waals surface area contributed by atoms with E-state index in [0.29, 0.717) is 0 Å². The van der Waals surface area contributed by atoms with Crippen molar-refractivity contribution >= 4 is 27.4 Å². The first-order chi connectivity index (χ1) is 4.56. The molecule has 5 nitrogen and oxygen atoms in total. The second-order valence-corrected chi connectivity index (χ2v) is 3.94. The standard InChI is InChI=1S/C3H8N2O3S2/c4-5-3-9-1-2-10(6,7)8/h3H,1-2,4H2,(H,6,7,8)/b5-3-. The van der Waals surface area contributed by atoms with Crippen LogP contribution in [0.4, 0.5) is 0 Å². The highest BCUT2D eigenvalue weighted by molar-refractivity contribution is 8.12. The minimum atomic E-state index is -3.83. The van der Waals surface area contributed by atoms with Gasteiger partial charge in [0.15, 0.2) is 0 Å². The van der Waals surface area contributed by atoms with Crippen LogP contribution in [0, 0.1) is 0 Å². The number of hydrogen-bond donors (Lipinski definition) is 2. The third-order valence-corrected chi connectivity index (χ3v) is 2.28. The predicted molar refractivity (Wildman–Crippen MR) is 41.6 cm³/mol. The molecule has 0 aromatic rings. The molecule has 0 aromatic carbocycles. The molecule has 0 aliphatic rings. The molecule has 0 spiro atoms. The quantitative estimate of drug-likeness (QED) is 0.153. The number of nitrogens with zero attached hydrogens (tertiary/aromatic N) is 1. The van der Waals surface area contributed by atoms with Gasteiger partial charge >= 0.3 is 0 Å². The van der Waals surface area contributed by atoms with E-state index in [2.05, 4.69) is 5.10 Å². The lowest BCUT2D eigenvalue weighted by Gasteiger charge is -1.90. The van der Waals surface area contributed by atoms with Gasteiger partial charge in [0.25, 0.3) is 10.1 Å². The molecule has 0 aromatic heterocycles. The number of rotatable bonds is 4. The molecule has 0 bridgehead atoms. The van der Waals surface area contributed by atoms with Gasteiger partial charge < -0.3 is 5.84 Å². The van der Waals surface area contributed by atoms with Crippen molar-refractivity contribution in [2.24, 2.45) is 10.9 Å². The van der Waals surface area contributed by atoms with Crippen LogP contribution in [-0.2, 0) is 10.1 Å². The highest BCUT2D eigenvalue weighted by Gasteiger charge is 2.01. The Hall–Kier alpha value is -0.270. The lowest BCUT2D eigenvalue weighted by atomic mass is 11.0. The van der Waals surface area contributed by atoms with Crippen LogP contribution in [0.15, 0.2) is 5.10 Å². The fourth-order valence-electron chi connectivity index (χ4n) is 0.249. The van der Waals surface area contributed by atoms with Crippen LogP contribution in [-0.4, -0.2) is 30.0 Å². The van der Waals surface area contributed by atoms with Gasteiger partial charge in [-0.1, -0.05) is 0 Å². The largest absolute Gasteiger partial charge is 0.323 e. The summed E-state index contributed by atoms with van der Waals surface area (Å²) in [6.45, 7) is 0. The average molecular weight is 184 g/mol. The van der Waals surface area contributed by atoms with Crippen molar-refractivity contribution in [3.8, 4) is 0 Å². The van der Waals surface area contributed by atoms with Crippen LogP contribution in [0.2, 0.25) is 0 Å². The highest BCUT2D eigenvalue weighted by atomic mass is 32.2. The van der Waals surface area contributed by atoms with Crippen molar-refractivity contribution in [1.29, 1.82) is 0 Å². The second-order valence-electron chi connectivity index (χ2n) is 1.41. The second kappa shape index (κ2) is 4.53. The molecule has 0 atom stereocenters. The molecule has 0 saturated carbocycles. The van der Waals surface area contributed by atoms with Crippen LogP contribution in [0.25, 0.3) is 0 Å². The van der Waals surface area contributed by atoms with Crippen molar-refractivity contribution in [1.82, 2.24) is 0 Å². The number of nitrogens with two attached hydrogens (primary N) is 1. The molecule has 60 valence electrons. The molecule has 0 aliphatic heterocycles. The maximum absolute atomic E-state index is 10.1. The Kier molecular flexibility index (Phi) is 4.41. The van der Waals surface area contributed by atoms with E-state index in [1.807, 2.05) is 0 Å². The van der Waals surface area contributed by atoms with Crippen LogP contribution >= 0.6 is 11.8 Å².